The van der Waals surface area contributed by atoms with E-state index in [-0.39, 0.29) is 6.10 Å². The van der Waals surface area contributed by atoms with Crippen LogP contribution in [0.4, 0.5) is 11.4 Å². The number of nitrogens with zero attached hydrogens (tertiary/aromatic N) is 1. The number of nitrogen functional groups attached to an aromatic ring is 1. The molecule has 4 heteroatoms. The molecule has 1 heterocycles. The Labute approximate surface area is 120 Å². The summed E-state index contributed by atoms with van der Waals surface area (Å²) >= 11 is 0. The van der Waals surface area contributed by atoms with E-state index in [1.807, 2.05) is 12.1 Å². The lowest BCUT2D eigenvalue weighted by Crippen LogP contribution is -2.25. The lowest BCUT2D eigenvalue weighted by Gasteiger charge is -2.23. The number of ether oxygens (including phenoxy) is 1. The second-order valence-corrected chi connectivity index (χ2v) is 6.01. The molecule has 1 aromatic rings. The number of nitrogens with two attached hydrogens (primary N) is 1. The van der Waals surface area contributed by atoms with Gasteiger partial charge in [0.05, 0.1) is 24.1 Å². The summed E-state index contributed by atoms with van der Waals surface area (Å²) in [5.41, 5.74) is 8.05. The predicted octanol–water partition coefficient (Wildman–Crippen LogP) is 2.26. The molecule has 2 aliphatic rings. The van der Waals surface area contributed by atoms with E-state index in [0.29, 0.717) is 18.4 Å². The molecule has 3 unspecified atom stereocenters. The van der Waals surface area contributed by atoms with Gasteiger partial charge in [0.1, 0.15) is 5.75 Å². The molecule has 0 aromatic heterocycles. The third kappa shape index (κ3) is 2.33. The van der Waals surface area contributed by atoms with Crippen molar-refractivity contribution in [1.29, 1.82) is 0 Å². The quantitative estimate of drug-likeness (QED) is 0.828. The summed E-state index contributed by atoms with van der Waals surface area (Å²) in [6, 6.07) is 5.99. The van der Waals surface area contributed by atoms with Gasteiger partial charge in [-0.2, -0.15) is 0 Å². The second kappa shape index (κ2) is 5.52. The fourth-order valence-electron chi connectivity index (χ4n) is 3.58. The molecule has 1 aliphatic carbocycles. The number of rotatable bonds is 4. The maximum absolute atomic E-state index is 10.0. The van der Waals surface area contributed by atoms with Gasteiger partial charge in [-0.15, -0.1) is 0 Å². The van der Waals surface area contributed by atoms with Crippen LogP contribution in [0, 0.1) is 11.8 Å². The molecule has 1 aromatic carbocycles. The zero-order valence-electron chi connectivity index (χ0n) is 12.1. The molecule has 3 atom stereocenters. The van der Waals surface area contributed by atoms with E-state index < -0.39 is 0 Å². The Hall–Kier alpha value is -1.42. The molecule has 1 aliphatic heterocycles. The molecule has 0 bridgehead atoms. The van der Waals surface area contributed by atoms with Crippen molar-refractivity contribution in [2.24, 2.45) is 11.8 Å². The van der Waals surface area contributed by atoms with E-state index in [1.54, 1.807) is 0 Å². The van der Waals surface area contributed by atoms with Crippen molar-refractivity contribution in [3.63, 3.8) is 0 Å². The van der Waals surface area contributed by atoms with Gasteiger partial charge in [-0.25, -0.2) is 0 Å². The molecule has 3 N–H and O–H groups in total. The number of aliphatic hydroxyl groups is 1. The van der Waals surface area contributed by atoms with Crippen LogP contribution in [0.25, 0.3) is 0 Å². The van der Waals surface area contributed by atoms with Crippen molar-refractivity contribution in [2.45, 2.75) is 32.3 Å². The van der Waals surface area contributed by atoms with Crippen LogP contribution in [0.3, 0.4) is 0 Å². The molecule has 2 fully saturated rings. The lowest BCUT2D eigenvalue weighted by atomic mass is 10.00. The van der Waals surface area contributed by atoms with E-state index in [1.165, 1.54) is 0 Å². The van der Waals surface area contributed by atoms with Crippen LogP contribution in [0.1, 0.15) is 26.2 Å². The van der Waals surface area contributed by atoms with E-state index in [9.17, 15) is 5.11 Å². The summed E-state index contributed by atoms with van der Waals surface area (Å²) < 4.78 is 5.70. The van der Waals surface area contributed by atoms with Gasteiger partial charge in [0.25, 0.3) is 0 Å². The van der Waals surface area contributed by atoms with Crippen molar-refractivity contribution in [3.05, 3.63) is 18.2 Å². The average Bonchev–Trinajstić information content (AvgIpc) is 3.00. The topological polar surface area (TPSA) is 58.7 Å². The van der Waals surface area contributed by atoms with Crippen LogP contribution < -0.4 is 15.4 Å². The Bertz CT molecular complexity index is 478. The number of para-hydroxylation sites is 1. The Balaban J connectivity index is 1.78. The summed E-state index contributed by atoms with van der Waals surface area (Å²) in [5, 5.41) is 10.0. The number of benzene rings is 1. The normalized spacial score (nSPS) is 28.7. The van der Waals surface area contributed by atoms with Gasteiger partial charge < -0.3 is 20.5 Å². The predicted molar refractivity (Wildman–Crippen MR) is 81.1 cm³/mol. The fourth-order valence-corrected chi connectivity index (χ4v) is 3.58. The summed E-state index contributed by atoms with van der Waals surface area (Å²) in [7, 11) is 0. The summed E-state index contributed by atoms with van der Waals surface area (Å²) in [5.74, 6) is 1.81. The SMILES string of the molecule is CCCOc1cccc(N2CC3CCC(O)C3C2)c1N. The highest BCUT2D eigenvalue weighted by Gasteiger charge is 2.42. The Morgan fingerprint density at radius 1 is 1.35 bits per heavy atom. The van der Waals surface area contributed by atoms with Crippen molar-refractivity contribution in [3.8, 4) is 5.75 Å². The maximum Gasteiger partial charge on any atom is 0.144 e. The summed E-state index contributed by atoms with van der Waals surface area (Å²) in [4.78, 5) is 2.31. The minimum absolute atomic E-state index is 0.134. The van der Waals surface area contributed by atoms with Crippen LogP contribution in [0.5, 0.6) is 5.75 Å². The Morgan fingerprint density at radius 2 is 2.20 bits per heavy atom. The van der Waals surface area contributed by atoms with E-state index in [4.69, 9.17) is 10.5 Å². The molecule has 0 radical (unpaired) electrons. The zero-order valence-corrected chi connectivity index (χ0v) is 12.1. The van der Waals surface area contributed by atoms with Crippen molar-refractivity contribution >= 4 is 11.4 Å². The first-order valence-corrected chi connectivity index (χ1v) is 7.65. The number of hydrogen-bond acceptors (Lipinski definition) is 4. The molecular weight excluding hydrogens is 252 g/mol. The van der Waals surface area contributed by atoms with Gasteiger partial charge in [-0.1, -0.05) is 13.0 Å². The van der Waals surface area contributed by atoms with Crippen molar-refractivity contribution in [1.82, 2.24) is 0 Å². The van der Waals surface area contributed by atoms with E-state index in [2.05, 4.69) is 17.9 Å². The van der Waals surface area contributed by atoms with Gasteiger partial charge in [-0.3, -0.25) is 0 Å². The van der Waals surface area contributed by atoms with Gasteiger partial charge in [0.2, 0.25) is 0 Å². The van der Waals surface area contributed by atoms with Crippen LogP contribution in [-0.4, -0.2) is 30.9 Å². The first-order valence-electron chi connectivity index (χ1n) is 7.65. The number of hydrogen-bond donors (Lipinski definition) is 2. The highest BCUT2D eigenvalue weighted by molar-refractivity contribution is 5.74. The minimum atomic E-state index is -0.134. The minimum Gasteiger partial charge on any atom is -0.491 e. The second-order valence-electron chi connectivity index (χ2n) is 6.01. The molecular formula is C16H24N2O2. The molecule has 1 saturated heterocycles. The maximum atomic E-state index is 10.0. The lowest BCUT2D eigenvalue weighted by molar-refractivity contribution is 0.133. The number of fused-ring (bicyclic) bond motifs is 1. The standard InChI is InChI=1S/C16H24N2O2/c1-2-8-20-15-5-3-4-13(16(15)17)18-9-11-6-7-14(19)12(11)10-18/h3-5,11-12,14,19H,2,6-10,17H2,1H3. The molecule has 20 heavy (non-hydrogen) atoms. The van der Waals surface area contributed by atoms with Crippen LogP contribution in [0.2, 0.25) is 0 Å². The van der Waals surface area contributed by atoms with Gasteiger partial charge in [0, 0.05) is 19.0 Å². The average molecular weight is 276 g/mol. The zero-order chi connectivity index (χ0) is 14.1. The third-order valence-electron chi connectivity index (χ3n) is 4.66. The summed E-state index contributed by atoms with van der Waals surface area (Å²) in [6.07, 6.45) is 2.93. The van der Waals surface area contributed by atoms with Gasteiger partial charge in [-0.05, 0) is 37.3 Å². The Morgan fingerprint density at radius 3 is 2.95 bits per heavy atom. The van der Waals surface area contributed by atoms with Crippen molar-refractivity contribution < 1.29 is 9.84 Å². The van der Waals surface area contributed by atoms with Gasteiger partial charge in [0.15, 0.2) is 0 Å². The first kappa shape index (κ1) is 13.6. The monoisotopic (exact) mass is 276 g/mol. The van der Waals surface area contributed by atoms with Gasteiger partial charge >= 0.3 is 0 Å². The van der Waals surface area contributed by atoms with Crippen LogP contribution >= 0.6 is 0 Å². The third-order valence-corrected chi connectivity index (χ3v) is 4.66. The van der Waals surface area contributed by atoms with Crippen LogP contribution in [-0.2, 0) is 0 Å². The smallest absolute Gasteiger partial charge is 0.144 e. The first-order chi connectivity index (χ1) is 9.70. The number of aliphatic hydroxyl groups excluding tert-OH is 1. The highest BCUT2D eigenvalue weighted by atomic mass is 16.5. The summed E-state index contributed by atoms with van der Waals surface area (Å²) in [6.45, 7) is 4.69. The van der Waals surface area contributed by atoms with Crippen LogP contribution in [0.15, 0.2) is 18.2 Å². The molecule has 3 rings (SSSR count). The largest absolute Gasteiger partial charge is 0.491 e. The Kier molecular flexibility index (Phi) is 3.74. The number of anilines is 2. The molecule has 110 valence electrons. The molecule has 1 saturated carbocycles. The molecule has 4 nitrogen and oxygen atoms in total. The fraction of sp³-hybridized carbons (Fsp3) is 0.625. The molecule has 0 spiro atoms. The molecule has 0 amide bonds. The van der Waals surface area contributed by atoms with E-state index in [0.717, 1.165) is 49.5 Å². The van der Waals surface area contributed by atoms with E-state index >= 15 is 0 Å². The highest BCUT2D eigenvalue weighted by Crippen LogP contribution is 2.42. The van der Waals surface area contributed by atoms with Crippen molar-refractivity contribution in [2.75, 3.05) is 30.3 Å².